The van der Waals surface area contributed by atoms with Gasteiger partial charge in [-0.1, -0.05) is 382 Å². The van der Waals surface area contributed by atoms with Crippen molar-refractivity contribution < 1.29 is 0 Å². The van der Waals surface area contributed by atoms with Crippen molar-refractivity contribution in [1.29, 1.82) is 0 Å². The number of fused-ring (bicyclic) bond motifs is 2. The van der Waals surface area contributed by atoms with Crippen LogP contribution < -0.4 is 39.2 Å². The number of hydrogen-bond donors (Lipinski definition) is 0. The predicted molar refractivity (Wildman–Crippen MR) is 628 cm³/mol. The van der Waals surface area contributed by atoms with Gasteiger partial charge < -0.3 is 39.2 Å². The summed E-state index contributed by atoms with van der Waals surface area (Å²) in [5, 5.41) is 4.90. The average Bonchev–Trinajstić information content (AvgIpc) is 0.763. The van der Waals surface area contributed by atoms with Crippen molar-refractivity contribution in [3.63, 3.8) is 0 Å². The fraction of sp³-hybridized carbons (Fsp3) is 0. The molecule has 0 saturated carbocycles. The van der Waals surface area contributed by atoms with Crippen molar-refractivity contribution in [1.82, 2.24) is 0 Å². The number of rotatable bonds is 27. The monoisotopic (exact) mass is 1900 g/mol. The lowest BCUT2D eigenvalue weighted by Gasteiger charge is -2.31. The molecular formula is C140H106N8. The Labute approximate surface area is 867 Å². The molecule has 24 aromatic carbocycles. The molecule has 0 bridgehead atoms. The van der Waals surface area contributed by atoms with Gasteiger partial charge in [-0.05, 0) is 299 Å². The van der Waals surface area contributed by atoms with Gasteiger partial charge in [-0.3, -0.25) is 0 Å². The van der Waals surface area contributed by atoms with Crippen LogP contribution in [0.25, 0.3) is 54.9 Å². The van der Waals surface area contributed by atoms with Gasteiger partial charge in [-0.25, -0.2) is 0 Å². The Hall–Kier alpha value is -19.8. The van der Waals surface area contributed by atoms with E-state index in [1.807, 2.05) is 0 Å². The molecule has 8 heteroatoms. The number of anilines is 24. The molecule has 0 saturated heterocycles. The smallest absolute Gasteiger partial charge is 0.0560 e. The summed E-state index contributed by atoms with van der Waals surface area (Å²) < 4.78 is 0. The molecule has 0 aliphatic rings. The maximum absolute atomic E-state index is 2.36. The van der Waals surface area contributed by atoms with Crippen LogP contribution in [0.4, 0.5) is 136 Å². The molecule has 0 spiro atoms. The summed E-state index contributed by atoms with van der Waals surface area (Å²) in [5.74, 6) is 0. The maximum Gasteiger partial charge on any atom is 0.0560 e. The van der Waals surface area contributed by atoms with Gasteiger partial charge in [0, 0.05) is 136 Å². The van der Waals surface area contributed by atoms with E-state index in [0.717, 1.165) is 159 Å². The van der Waals surface area contributed by atoms with Crippen LogP contribution >= 0.6 is 0 Å². The summed E-state index contributed by atoms with van der Waals surface area (Å²) in [5.41, 5.74) is 33.4. The SMILES string of the molecule is c1ccc(N(c2ccc(-c3ccc(N(c4ccccc4)c4cccc5ccccc45)cc3)cc2)c2cccc3ccccc23)cc1.c1ccc(N(c2ccccc2)c2ccc(-c3cc(N(c4ccccc4)c4ccccc4)cc(N(c4ccccc4)c4ccccc4)c3)cc2)cc1.c1ccc(N(c2ccccc2)c2ccc(-c3ccc(N(c4ccccc4)c4ccccc4)cc3N(c3ccccc3)c3ccccc3)cc2)cc1. The molecule has 0 aliphatic heterocycles. The molecule has 0 atom stereocenters. The third-order valence-electron chi connectivity index (χ3n) is 26.6. The van der Waals surface area contributed by atoms with Gasteiger partial charge in [0.25, 0.3) is 0 Å². The number of nitrogens with zero attached hydrogens (tertiary/aromatic N) is 8. The zero-order valence-corrected chi connectivity index (χ0v) is 81.8. The minimum Gasteiger partial charge on any atom is -0.311 e. The highest BCUT2D eigenvalue weighted by Crippen LogP contribution is 2.51. The van der Waals surface area contributed by atoms with Crippen LogP contribution in [0.1, 0.15) is 0 Å². The predicted octanol–water partition coefficient (Wildman–Crippen LogP) is 40.1. The van der Waals surface area contributed by atoms with E-state index >= 15 is 0 Å². The molecule has 0 aliphatic carbocycles. The third-order valence-corrected chi connectivity index (χ3v) is 26.6. The van der Waals surface area contributed by atoms with Crippen LogP contribution in [0.15, 0.2) is 643 Å². The van der Waals surface area contributed by atoms with Gasteiger partial charge in [0.2, 0.25) is 0 Å². The number of para-hydroxylation sites is 14. The second kappa shape index (κ2) is 45.0. The molecule has 0 aromatic heterocycles. The van der Waals surface area contributed by atoms with Gasteiger partial charge in [0.15, 0.2) is 0 Å². The molecule has 24 rings (SSSR count). The van der Waals surface area contributed by atoms with Crippen LogP contribution in [0, 0.1) is 0 Å². The molecule has 0 N–H and O–H groups in total. The van der Waals surface area contributed by atoms with Crippen LogP contribution in [0.5, 0.6) is 0 Å². The van der Waals surface area contributed by atoms with Crippen molar-refractivity contribution in [2.24, 2.45) is 0 Å². The fourth-order valence-corrected chi connectivity index (χ4v) is 19.7. The lowest BCUT2D eigenvalue weighted by Crippen LogP contribution is -2.14. The molecule has 24 aromatic rings. The van der Waals surface area contributed by atoms with E-state index < -0.39 is 0 Å². The Bertz CT molecular complexity index is 7870. The molecular weight excluding hydrogens is 1790 g/mol. The van der Waals surface area contributed by atoms with Crippen LogP contribution in [0.2, 0.25) is 0 Å². The number of benzene rings is 24. The van der Waals surface area contributed by atoms with Crippen molar-refractivity contribution in [2.45, 2.75) is 0 Å². The summed E-state index contributed by atoms with van der Waals surface area (Å²) in [6.07, 6.45) is 0. The molecule has 706 valence electrons. The van der Waals surface area contributed by atoms with Gasteiger partial charge >= 0.3 is 0 Å². The second-order valence-electron chi connectivity index (χ2n) is 36.0. The Morgan fingerprint density at radius 2 is 0.264 bits per heavy atom. The van der Waals surface area contributed by atoms with Crippen LogP contribution in [-0.2, 0) is 0 Å². The van der Waals surface area contributed by atoms with Gasteiger partial charge in [0.1, 0.15) is 0 Å². The van der Waals surface area contributed by atoms with Crippen LogP contribution in [-0.4, -0.2) is 0 Å². The topological polar surface area (TPSA) is 25.9 Å². The normalized spacial score (nSPS) is 10.8. The highest BCUT2D eigenvalue weighted by molar-refractivity contribution is 6.02. The fourth-order valence-electron chi connectivity index (χ4n) is 19.7. The van der Waals surface area contributed by atoms with Crippen molar-refractivity contribution in [3.8, 4) is 33.4 Å². The Kier molecular flexibility index (Phi) is 28.3. The van der Waals surface area contributed by atoms with Gasteiger partial charge in [-0.15, -0.1) is 0 Å². The second-order valence-corrected chi connectivity index (χ2v) is 36.0. The zero-order valence-electron chi connectivity index (χ0n) is 81.8. The summed E-state index contributed by atoms with van der Waals surface area (Å²) >= 11 is 0. The van der Waals surface area contributed by atoms with E-state index in [0.29, 0.717) is 0 Å². The zero-order chi connectivity index (χ0) is 99.2. The van der Waals surface area contributed by atoms with E-state index in [1.165, 1.54) is 32.7 Å². The lowest BCUT2D eigenvalue weighted by molar-refractivity contribution is 1.25. The first kappa shape index (κ1) is 93.2. The third kappa shape index (κ3) is 21.0. The number of hydrogen-bond acceptors (Lipinski definition) is 8. The first-order valence-corrected chi connectivity index (χ1v) is 50.3. The summed E-state index contributed by atoms with van der Waals surface area (Å²) in [4.78, 5) is 18.6. The minimum absolute atomic E-state index is 1.07. The Morgan fingerprint density at radius 3 is 0.520 bits per heavy atom. The first-order valence-electron chi connectivity index (χ1n) is 50.3. The highest BCUT2D eigenvalue weighted by atomic mass is 15.2. The first-order chi connectivity index (χ1) is 73.5. The van der Waals surface area contributed by atoms with E-state index in [4.69, 9.17) is 0 Å². The van der Waals surface area contributed by atoms with E-state index in [2.05, 4.69) is 682 Å². The molecule has 8 nitrogen and oxygen atoms in total. The standard InChI is InChI=1S/2C48H37N3.C44H32N2/c1-7-19-40(20-8-1)49(41-21-9-2-10-22-41)46-33-31-38(32-34-46)39-35-47(50(42-23-11-3-12-24-42)43-25-13-4-14-26-43)37-48(36-39)51(44-27-15-5-16-28-44)45-29-17-6-18-30-45;1-7-19-39(20-8-1)49(40-21-9-2-10-22-40)45-33-31-38(32-34-45)47-36-35-46(50(41-23-11-3-12-24-41)42-25-13-4-14-26-42)37-48(47)51(43-27-15-5-16-28-43)44-29-17-6-18-30-44;1-3-17-37(18-4-1)45(43-23-11-15-35-13-7-9-21-41(35)43)39-29-25-33(26-30-39)34-27-31-40(32-28-34)46(38-19-5-2-6-20-38)44-24-12-16-36-14-8-10-22-42(36)44/h2*1-37H;1-32H. The largest absolute Gasteiger partial charge is 0.311 e. The maximum atomic E-state index is 2.36. The summed E-state index contributed by atoms with van der Waals surface area (Å²) in [6.45, 7) is 0. The molecule has 0 heterocycles. The van der Waals surface area contributed by atoms with Gasteiger partial charge in [-0.2, -0.15) is 0 Å². The Balaban J connectivity index is 0.000000126. The summed E-state index contributed by atoms with van der Waals surface area (Å²) in [6, 6.07) is 228. The van der Waals surface area contributed by atoms with Crippen molar-refractivity contribution in [3.05, 3.63) is 643 Å². The Morgan fingerprint density at radius 1 is 0.0878 bits per heavy atom. The van der Waals surface area contributed by atoms with Gasteiger partial charge in [0.05, 0.1) is 17.1 Å². The summed E-state index contributed by atoms with van der Waals surface area (Å²) in [7, 11) is 0. The van der Waals surface area contributed by atoms with Crippen LogP contribution in [0.3, 0.4) is 0 Å². The molecule has 0 fully saturated rings. The van der Waals surface area contributed by atoms with Crippen molar-refractivity contribution >= 4 is 158 Å². The van der Waals surface area contributed by atoms with E-state index in [-0.39, 0.29) is 0 Å². The lowest BCUT2D eigenvalue weighted by atomic mass is 9.99. The minimum atomic E-state index is 1.07. The molecule has 0 unspecified atom stereocenters. The molecule has 148 heavy (non-hydrogen) atoms. The average molecular weight is 1900 g/mol. The molecule has 0 radical (unpaired) electrons. The van der Waals surface area contributed by atoms with E-state index in [9.17, 15) is 0 Å². The van der Waals surface area contributed by atoms with Crippen molar-refractivity contribution in [2.75, 3.05) is 39.2 Å². The molecule has 0 amide bonds. The quantitative estimate of drug-likeness (QED) is 0.0503. The highest BCUT2D eigenvalue weighted by Gasteiger charge is 2.27. The van der Waals surface area contributed by atoms with E-state index in [1.54, 1.807) is 0 Å².